The SMILES string of the molecule is COc1ccc(F)cc1NCCCCCC(=O)O. The van der Waals surface area contributed by atoms with Crippen LogP contribution in [-0.4, -0.2) is 24.7 Å². The van der Waals surface area contributed by atoms with E-state index in [2.05, 4.69) is 5.32 Å². The molecule has 0 aromatic heterocycles. The number of hydrogen-bond donors (Lipinski definition) is 2. The standard InChI is InChI=1S/C13H18FNO3/c1-18-12-7-6-10(14)9-11(12)15-8-4-2-3-5-13(16)17/h6-7,9,15H,2-5,8H2,1H3,(H,16,17). The molecule has 0 aliphatic rings. The molecule has 0 radical (unpaired) electrons. The van der Waals surface area contributed by atoms with Crippen LogP contribution in [0.25, 0.3) is 0 Å². The molecule has 0 aliphatic heterocycles. The molecule has 0 amide bonds. The molecular weight excluding hydrogens is 237 g/mol. The predicted octanol–water partition coefficient (Wildman–Crippen LogP) is 2.89. The van der Waals surface area contributed by atoms with Crippen LogP contribution in [0.15, 0.2) is 18.2 Å². The van der Waals surface area contributed by atoms with Gasteiger partial charge in [-0.2, -0.15) is 0 Å². The second-order valence-corrected chi connectivity index (χ2v) is 3.98. The summed E-state index contributed by atoms with van der Waals surface area (Å²) in [5, 5.41) is 11.6. The van der Waals surface area contributed by atoms with Gasteiger partial charge < -0.3 is 15.2 Å². The Morgan fingerprint density at radius 1 is 1.39 bits per heavy atom. The van der Waals surface area contributed by atoms with Crippen molar-refractivity contribution in [3.63, 3.8) is 0 Å². The first-order valence-corrected chi connectivity index (χ1v) is 5.92. The van der Waals surface area contributed by atoms with Crippen molar-refractivity contribution in [3.05, 3.63) is 24.0 Å². The number of carboxylic acids is 1. The average Bonchev–Trinajstić information content (AvgIpc) is 2.33. The molecule has 0 atom stereocenters. The summed E-state index contributed by atoms with van der Waals surface area (Å²) in [5.41, 5.74) is 0.621. The number of methoxy groups -OCH3 is 1. The van der Waals surface area contributed by atoms with E-state index in [-0.39, 0.29) is 12.2 Å². The molecular formula is C13H18FNO3. The zero-order valence-electron chi connectivity index (χ0n) is 10.4. The lowest BCUT2D eigenvalue weighted by Crippen LogP contribution is -2.04. The number of ether oxygens (including phenoxy) is 1. The Labute approximate surface area is 106 Å². The van der Waals surface area contributed by atoms with Gasteiger partial charge in [-0.15, -0.1) is 0 Å². The lowest BCUT2D eigenvalue weighted by molar-refractivity contribution is -0.137. The van der Waals surface area contributed by atoms with Crippen LogP contribution in [0.4, 0.5) is 10.1 Å². The van der Waals surface area contributed by atoms with E-state index in [0.29, 0.717) is 24.4 Å². The number of benzene rings is 1. The van der Waals surface area contributed by atoms with Crippen LogP contribution in [-0.2, 0) is 4.79 Å². The minimum atomic E-state index is -0.769. The van der Waals surface area contributed by atoms with Gasteiger partial charge in [0, 0.05) is 19.0 Å². The van der Waals surface area contributed by atoms with Crippen LogP contribution >= 0.6 is 0 Å². The van der Waals surface area contributed by atoms with Crippen molar-refractivity contribution in [1.29, 1.82) is 0 Å². The maximum Gasteiger partial charge on any atom is 0.303 e. The molecule has 2 N–H and O–H groups in total. The van der Waals surface area contributed by atoms with Crippen LogP contribution in [0.2, 0.25) is 0 Å². The third kappa shape index (κ3) is 5.03. The van der Waals surface area contributed by atoms with E-state index in [4.69, 9.17) is 9.84 Å². The first-order chi connectivity index (χ1) is 8.63. The molecule has 1 aromatic carbocycles. The van der Waals surface area contributed by atoms with Gasteiger partial charge in [0.25, 0.3) is 0 Å². The number of carboxylic acid groups (broad SMARTS) is 1. The van der Waals surface area contributed by atoms with Crippen molar-refractivity contribution >= 4 is 11.7 Å². The van der Waals surface area contributed by atoms with Crippen molar-refractivity contribution in [2.24, 2.45) is 0 Å². The molecule has 0 heterocycles. The fourth-order valence-corrected chi connectivity index (χ4v) is 1.62. The van der Waals surface area contributed by atoms with Gasteiger partial charge in [-0.05, 0) is 25.0 Å². The van der Waals surface area contributed by atoms with E-state index in [0.717, 1.165) is 12.8 Å². The second kappa shape index (κ2) is 7.53. The number of unbranched alkanes of at least 4 members (excludes halogenated alkanes) is 2. The van der Waals surface area contributed by atoms with Crippen molar-refractivity contribution in [2.75, 3.05) is 19.0 Å². The van der Waals surface area contributed by atoms with Crippen LogP contribution < -0.4 is 10.1 Å². The van der Waals surface area contributed by atoms with Crippen LogP contribution in [0.5, 0.6) is 5.75 Å². The van der Waals surface area contributed by atoms with E-state index in [1.54, 1.807) is 6.07 Å². The maximum atomic E-state index is 13.0. The van der Waals surface area contributed by atoms with E-state index in [1.807, 2.05) is 0 Å². The quantitative estimate of drug-likeness (QED) is 0.701. The average molecular weight is 255 g/mol. The zero-order valence-corrected chi connectivity index (χ0v) is 10.4. The van der Waals surface area contributed by atoms with Gasteiger partial charge in [0.15, 0.2) is 0 Å². The summed E-state index contributed by atoms with van der Waals surface area (Å²) in [5.74, 6) is -0.485. The highest BCUT2D eigenvalue weighted by Gasteiger charge is 2.03. The van der Waals surface area contributed by atoms with Crippen LogP contribution in [0.3, 0.4) is 0 Å². The smallest absolute Gasteiger partial charge is 0.303 e. The number of halogens is 1. The highest BCUT2D eigenvalue weighted by molar-refractivity contribution is 5.66. The lowest BCUT2D eigenvalue weighted by atomic mass is 10.2. The van der Waals surface area contributed by atoms with Gasteiger partial charge in [-0.3, -0.25) is 4.79 Å². The van der Waals surface area contributed by atoms with Gasteiger partial charge in [-0.1, -0.05) is 6.42 Å². The monoisotopic (exact) mass is 255 g/mol. The highest BCUT2D eigenvalue weighted by Crippen LogP contribution is 2.24. The zero-order chi connectivity index (χ0) is 13.4. The Balaban J connectivity index is 2.30. The molecule has 0 saturated heterocycles. The first-order valence-electron chi connectivity index (χ1n) is 5.92. The third-order valence-electron chi connectivity index (χ3n) is 2.54. The molecule has 0 spiro atoms. The van der Waals surface area contributed by atoms with Gasteiger partial charge in [0.05, 0.1) is 12.8 Å². The van der Waals surface area contributed by atoms with Crippen molar-refractivity contribution in [2.45, 2.75) is 25.7 Å². The Hall–Kier alpha value is -1.78. The van der Waals surface area contributed by atoms with Crippen molar-refractivity contribution in [1.82, 2.24) is 0 Å². The normalized spacial score (nSPS) is 10.1. The van der Waals surface area contributed by atoms with Gasteiger partial charge in [0.2, 0.25) is 0 Å². The topological polar surface area (TPSA) is 58.6 Å². The van der Waals surface area contributed by atoms with Crippen molar-refractivity contribution in [3.8, 4) is 5.75 Å². The lowest BCUT2D eigenvalue weighted by Gasteiger charge is -2.10. The summed E-state index contributed by atoms with van der Waals surface area (Å²) in [6, 6.07) is 4.30. The van der Waals surface area contributed by atoms with Crippen LogP contribution in [0.1, 0.15) is 25.7 Å². The largest absolute Gasteiger partial charge is 0.495 e. The van der Waals surface area contributed by atoms with E-state index in [1.165, 1.54) is 19.2 Å². The number of nitrogens with one attached hydrogen (secondary N) is 1. The summed E-state index contributed by atoms with van der Waals surface area (Å²) < 4.78 is 18.1. The fraction of sp³-hybridized carbons (Fsp3) is 0.462. The molecule has 0 fully saturated rings. The summed E-state index contributed by atoms with van der Waals surface area (Å²) >= 11 is 0. The molecule has 0 aliphatic carbocycles. The van der Waals surface area contributed by atoms with Gasteiger partial charge >= 0.3 is 5.97 Å². The Morgan fingerprint density at radius 2 is 2.17 bits per heavy atom. The van der Waals surface area contributed by atoms with Crippen molar-refractivity contribution < 1.29 is 19.0 Å². The second-order valence-electron chi connectivity index (χ2n) is 3.98. The van der Waals surface area contributed by atoms with E-state index >= 15 is 0 Å². The molecule has 5 heteroatoms. The highest BCUT2D eigenvalue weighted by atomic mass is 19.1. The summed E-state index contributed by atoms with van der Waals surface area (Å²) in [6.45, 7) is 0.666. The molecule has 0 saturated carbocycles. The van der Waals surface area contributed by atoms with E-state index in [9.17, 15) is 9.18 Å². The minimum Gasteiger partial charge on any atom is -0.495 e. The Bertz CT molecular complexity index is 396. The fourth-order valence-electron chi connectivity index (χ4n) is 1.62. The molecule has 18 heavy (non-hydrogen) atoms. The molecule has 0 bridgehead atoms. The van der Waals surface area contributed by atoms with Gasteiger partial charge in [-0.25, -0.2) is 4.39 Å². The number of rotatable bonds is 8. The Kier molecular flexibility index (Phi) is 5.97. The summed E-state index contributed by atoms with van der Waals surface area (Å²) in [4.78, 5) is 10.3. The number of carbonyl (C=O) groups is 1. The van der Waals surface area contributed by atoms with Gasteiger partial charge in [0.1, 0.15) is 11.6 Å². The predicted molar refractivity (Wildman–Crippen MR) is 67.5 cm³/mol. The minimum absolute atomic E-state index is 0.198. The molecule has 0 unspecified atom stereocenters. The Morgan fingerprint density at radius 3 is 2.83 bits per heavy atom. The molecule has 100 valence electrons. The number of hydrogen-bond acceptors (Lipinski definition) is 3. The molecule has 4 nitrogen and oxygen atoms in total. The van der Waals surface area contributed by atoms with Crippen LogP contribution in [0, 0.1) is 5.82 Å². The van der Waals surface area contributed by atoms with E-state index < -0.39 is 5.97 Å². The summed E-state index contributed by atoms with van der Waals surface area (Å²) in [6.07, 6.45) is 2.53. The number of aliphatic carboxylic acids is 1. The third-order valence-corrected chi connectivity index (χ3v) is 2.54. The first kappa shape index (κ1) is 14.3. The number of anilines is 1. The maximum absolute atomic E-state index is 13.0. The molecule has 1 rings (SSSR count). The molecule has 1 aromatic rings. The summed E-state index contributed by atoms with van der Waals surface area (Å²) in [7, 11) is 1.53.